The molecule has 1 amide bonds. The summed E-state index contributed by atoms with van der Waals surface area (Å²) in [5.41, 5.74) is 2.94. The first-order valence-electron chi connectivity index (χ1n) is 7.92. The van der Waals surface area contributed by atoms with Gasteiger partial charge in [0.1, 0.15) is 5.01 Å². The third kappa shape index (κ3) is 4.06. The van der Waals surface area contributed by atoms with Crippen molar-refractivity contribution in [1.82, 2.24) is 14.9 Å². The average Bonchev–Trinajstić information content (AvgIpc) is 3.09. The fourth-order valence-corrected chi connectivity index (χ4v) is 3.27. The fourth-order valence-electron chi connectivity index (χ4n) is 2.46. The maximum Gasteiger partial charge on any atom is 0.228 e. The van der Waals surface area contributed by atoms with Crippen molar-refractivity contribution in [2.24, 2.45) is 0 Å². The summed E-state index contributed by atoms with van der Waals surface area (Å²) in [7, 11) is 0. The summed E-state index contributed by atoms with van der Waals surface area (Å²) in [6.07, 6.45) is 3.86. The second-order valence-corrected chi connectivity index (χ2v) is 6.31. The first-order chi connectivity index (χ1) is 11.8. The van der Waals surface area contributed by atoms with Crippen LogP contribution >= 0.6 is 11.3 Å². The molecule has 5 heteroatoms. The second kappa shape index (κ2) is 7.84. The van der Waals surface area contributed by atoms with Gasteiger partial charge < -0.3 is 4.90 Å². The summed E-state index contributed by atoms with van der Waals surface area (Å²) in [6, 6.07) is 13.9. The van der Waals surface area contributed by atoms with Crippen molar-refractivity contribution in [1.29, 1.82) is 0 Å². The molecule has 0 spiro atoms. The van der Waals surface area contributed by atoms with Crippen LogP contribution in [0.1, 0.15) is 18.2 Å². The van der Waals surface area contributed by atoms with E-state index < -0.39 is 0 Å². The lowest BCUT2D eigenvalue weighted by Gasteiger charge is -2.20. The van der Waals surface area contributed by atoms with Gasteiger partial charge in [0, 0.05) is 36.4 Å². The molecule has 0 aliphatic rings. The van der Waals surface area contributed by atoms with E-state index in [4.69, 9.17) is 0 Å². The highest BCUT2D eigenvalue weighted by atomic mass is 32.1. The van der Waals surface area contributed by atoms with Crippen LogP contribution in [-0.2, 0) is 17.8 Å². The molecular weight excluding hydrogens is 318 g/mol. The molecule has 3 rings (SSSR count). The lowest BCUT2D eigenvalue weighted by molar-refractivity contribution is -0.130. The maximum absolute atomic E-state index is 12.6. The van der Waals surface area contributed by atoms with Gasteiger partial charge in [0.2, 0.25) is 5.91 Å². The average molecular weight is 337 g/mol. The Hall–Kier alpha value is -2.53. The van der Waals surface area contributed by atoms with Crippen LogP contribution in [0.3, 0.4) is 0 Å². The molecule has 0 unspecified atom stereocenters. The third-order valence-corrected chi connectivity index (χ3v) is 4.68. The largest absolute Gasteiger partial charge is 0.338 e. The van der Waals surface area contributed by atoms with E-state index in [9.17, 15) is 4.79 Å². The van der Waals surface area contributed by atoms with Crippen LogP contribution < -0.4 is 0 Å². The molecule has 2 heterocycles. The van der Waals surface area contributed by atoms with Gasteiger partial charge in [-0.25, -0.2) is 4.98 Å². The number of benzene rings is 1. The van der Waals surface area contributed by atoms with Gasteiger partial charge in [0.25, 0.3) is 0 Å². The second-order valence-electron chi connectivity index (χ2n) is 5.46. The van der Waals surface area contributed by atoms with Gasteiger partial charge >= 0.3 is 0 Å². The molecule has 2 aromatic heterocycles. The Bertz CT molecular complexity index is 787. The highest BCUT2D eigenvalue weighted by Gasteiger charge is 2.15. The molecule has 1 aromatic carbocycles. The Balaban J connectivity index is 1.66. The molecule has 0 fully saturated rings. The molecular formula is C19H19N3OS. The zero-order chi connectivity index (χ0) is 16.8. The number of likely N-dealkylation sites (N-methyl/N-ethyl adjacent to an activating group) is 1. The minimum atomic E-state index is 0.101. The molecule has 0 atom stereocenters. The van der Waals surface area contributed by atoms with E-state index in [0.29, 0.717) is 19.5 Å². The quantitative estimate of drug-likeness (QED) is 0.687. The Morgan fingerprint density at radius 3 is 2.71 bits per heavy atom. The van der Waals surface area contributed by atoms with Gasteiger partial charge in [0.15, 0.2) is 0 Å². The molecule has 0 saturated carbocycles. The summed E-state index contributed by atoms with van der Waals surface area (Å²) in [5, 5.41) is 2.85. The highest BCUT2D eigenvalue weighted by Crippen LogP contribution is 2.23. The number of hydrogen-bond acceptors (Lipinski definition) is 4. The number of pyridine rings is 1. The Labute approximate surface area is 145 Å². The zero-order valence-corrected chi connectivity index (χ0v) is 14.4. The number of hydrogen-bond donors (Lipinski definition) is 0. The molecule has 0 bridgehead atoms. The van der Waals surface area contributed by atoms with E-state index in [2.05, 4.69) is 9.97 Å². The number of carbonyl (C=O) groups excluding carboxylic acids is 1. The number of amides is 1. The molecule has 0 saturated heterocycles. The summed E-state index contributed by atoms with van der Waals surface area (Å²) in [5.74, 6) is 0.101. The van der Waals surface area contributed by atoms with Crippen molar-refractivity contribution in [2.75, 3.05) is 6.54 Å². The topological polar surface area (TPSA) is 46.1 Å². The highest BCUT2D eigenvalue weighted by molar-refractivity contribution is 7.13. The third-order valence-electron chi connectivity index (χ3n) is 3.74. The molecule has 3 aromatic rings. The number of rotatable bonds is 6. The van der Waals surface area contributed by atoms with Crippen molar-refractivity contribution in [3.05, 3.63) is 71.5 Å². The van der Waals surface area contributed by atoms with Gasteiger partial charge in [-0.3, -0.25) is 9.78 Å². The van der Waals surface area contributed by atoms with E-state index in [1.165, 1.54) is 0 Å². The molecule has 0 aliphatic carbocycles. The molecule has 4 nitrogen and oxygen atoms in total. The van der Waals surface area contributed by atoms with Crippen LogP contribution in [-0.4, -0.2) is 27.3 Å². The molecule has 0 radical (unpaired) electrons. The summed E-state index contributed by atoms with van der Waals surface area (Å²) >= 11 is 1.55. The monoisotopic (exact) mass is 337 g/mol. The van der Waals surface area contributed by atoms with Gasteiger partial charge in [-0.15, -0.1) is 11.3 Å². The maximum atomic E-state index is 12.6. The van der Waals surface area contributed by atoms with E-state index >= 15 is 0 Å². The smallest absolute Gasteiger partial charge is 0.228 e. The predicted octanol–water partition coefficient (Wildman–Crippen LogP) is 3.80. The normalized spacial score (nSPS) is 10.5. The van der Waals surface area contributed by atoms with Gasteiger partial charge in [0.05, 0.1) is 12.1 Å². The lowest BCUT2D eigenvalue weighted by atomic mass is 10.2. The molecule has 0 N–H and O–H groups in total. The first-order valence-corrected chi connectivity index (χ1v) is 8.80. The minimum absolute atomic E-state index is 0.101. The van der Waals surface area contributed by atoms with E-state index in [-0.39, 0.29) is 5.91 Å². The fraction of sp³-hybridized carbons (Fsp3) is 0.211. The standard InChI is InChI=1S/C19H19N3OS/c1-2-22(13-15-7-4-3-5-8-15)18(23)11-17-14-24-19(21-17)16-9-6-10-20-12-16/h3-10,12,14H,2,11,13H2,1H3. The predicted molar refractivity (Wildman–Crippen MR) is 96.6 cm³/mol. The summed E-state index contributed by atoms with van der Waals surface area (Å²) in [4.78, 5) is 23.1. The lowest BCUT2D eigenvalue weighted by Crippen LogP contribution is -2.31. The summed E-state index contributed by atoms with van der Waals surface area (Å²) in [6.45, 7) is 3.33. The van der Waals surface area contributed by atoms with Crippen LogP contribution in [0.4, 0.5) is 0 Å². The SMILES string of the molecule is CCN(Cc1ccccc1)C(=O)Cc1csc(-c2cccnc2)n1. The van der Waals surface area contributed by atoms with Crippen molar-refractivity contribution >= 4 is 17.2 Å². The number of aromatic nitrogens is 2. The van der Waals surface area contributed by atoms with Crippen molar-refractivity contribution in [3.63, 3.8) is 0 Å². The number of nitrogens with zero attached hydrogens (tertiary/aromatic N) is 3. The number of thiazole rings is 1. The molecule has 24 heavy (non-hydrogen) atoms. The minimum Gasteiger partial charge on any atom is -0.338 e. The van der Waals surface area contributed by atoms with Crippen LogP contribution in [0.25, 0.3) is 10.6 Å². The van der Waals surface area contributed by atoms with Crippen LogP contribution in [0.2, 0.25) is 0 Å². The van der Waals surface area contributed by atoms with E-state index in [1.54, 1.807) is 23.7 Å². The van der Waals surface area contributed by atoms with E-state index in [0.717, 1.165) is 21.8 Å². The van der Waals surface area contributed by atoms with Crippen LogP contribution in [0, 0.1) is 0 Å². The van der Waals surface area contributed by atoms with Gasteiger partial charge in [-0.2, -0.15) is 0 Å². The zero-order valence-electron chi connectivity index (χ0n) is 13.6. The summed E-state index contributed by atoms with van der Waals surface area (Å²) < 4.78 is 0. The Morgan fingerprint density at radius 2 is 2.00 bits per heavy atom. The first kappa shape index (κ1) is 16.3. The van der Waals surface area contributed by atoms with Gasteiger partial charge in [-0.1, -0.05) is 30.3 Å². The van der Waals surface area contributed by atoms with Crippen molar-refractivity contribution < 1.29 is 4.79 Å². The molecule has 122 valence electrons. The van der Waals surface area contributed by atoms with Crippen molar-refractivity contribution in [2.45, 2.75) is 19.9 Å². The van der Waals surface area contributed by atoms with E-state index in [1.807, 2.05) is 59.7 Å². The Kier molecular flexibility index (Phi) is 5.33. The van der Waals surface area contributed by atoms with Crippen LogP contribution in [0.5, 0.6) is 0 Å². The van der Waals surface area contributed by atoms with Crippen molar-refractivity contribution in [3.8, 4) is 10.6 Å². The van der Waals surface area contributed by atoms with Gasteiger partial charge in [-0.05, 0) is 24.6 Å². The Morgan fingerprint density at radius 1 is 1.17 bits per heavy atom. The number of carbonyl (C=O) groups is 1. The molecule has 0 aliphatic heterocycles. The van der Waals surface area contributed by atoms with Crippen LogP contribution in [0.15, 0.2) is 60.2 Å².